The molecule has 0 saturated carbocycles. The number of aromatic nitrogens is 1. The van der Waals surface area contributed by atoms with Gasteiger partial charge in [-0.25, -0.2) is 0 Å². The Hall–Kier alpha value is -3.80. The average molecular weight is 383 g/mol. The zero-order valence-electron chi connectivity index (χ0n) is 16.0. The lowest BCUT2D eigenvalue weighted by Crippen LogP contribution is -2.18. The SMILES string of the molecule is CC1NN=C(c2cc3ccc(C(=N)N)cc3n2Cc2cccc3ccccc23)O1. The Morgan fingerprint density at radius 1 is 1.10 bits per heavy atom. The summed E-state index contributed by atoms with van der Waals surface area (Å²) in [5.74, 6) is 0.620. The lowest BCUT2D eigenvalue weighted by atomic mass is 10.0. The highest BCUT2D eigenvalue weighted by atomic mass is 16.5. The third kappa shape index (κ3) is 2.99. The third-order valence-corrected chi connectivity index (χ3v) is 5.28. The van der Waals surface area contributed by atoms with Crippen molar-refractivity contribution in [2.75, 3.05) is 0 Å². The summed E-state index contributed by atoms with van der Waals surface area (Å²) in [6.45, 7) is 2.57. The Bertz CT molecular complexity index is 1280. The highest BCUT2D eigenvalue weighted by molar-refractivity contribution is 6.02. The van der Waals surface area contributed by atoms with E-state index >= 15 is 0 Å². The fourth-order valence-electron chi connectivity index (χ4n) is 3.86. The number of ether oxygens (including phenoxy) is 1. The van der Waals surface area contributed by atoms with Gasteiger partial charge in [0, 0.05) is 23.0 Å². The van der Waals surface area contributed by atoms with Gasteiger partial charge in [-0.3, -0.25) is 10.8 Å². The van der Waals surface area contributed by atoms with E-state index in [1.165, 1.54) is 16.3 Å². The summed E-state index contributed by atoms with van der Waals surface area (Å²) in [6, 6.07) is 22.6. The molecule has 4 aromatic rings. The molecule has 3 aromatic carbocycles. The first kappa shape index (κ1) is 17.3. The van der Waals surface area contributed by atoms with Gasteiger partial charge in [-0.05, 0) is 35.4 Å². The van der Waals surface area contributed by atoms with Gasteiger partial charge in [0.05, 0.1) is 0 Å². The quantitative estimate of drug-likeness (QED) is 0.370. The molecule has 5 rings (SSSR count). The second-order valence-electron chi connectivity index (χ2n) is 7.25. The largest absolute Gasteiger partial charge is 0.450 e. The van der Waals surface area contributed by atoms with Gasteiger partial charge in [-0.2, -0.15) is 0 Å². The number of hydrogen-bond acceptors (Lipinski definition) is 4. The van der Waals surface area contributed by atoms with Crippen LogP contribution in [0, 0.1) is 5.41 Å². The number of amidine groups is 1. The van der Waals surface area contributed by atoms with E-state index < -0.39 is 0 Å². The summed E-state index contributed by atoms with van der Waals surface area (Å²) in [5.41, 5.74) is 12.5. The van der Waals surface area contributed by atoms with E-state index in [9.17, 15) is 0 Å². The maximum atomic E-state index is 7.82. The van der Waals surface area contributed by atoms with Crippen LogP contribution in [-0.2, 0) is 11.3 Å². The molecule has 1 atom stereocenters. The summed E-state index contributed by atoms with van der Waals surface area (Å²) >= 11 is 0. The van der Waals surface area contributed by atoms with Gasteiger partial charge < -0.3 is 15.0 Å². The number of hydrazone groups is 1. The maximum absolute atomic E-state index is 7.82. The Morgan fingerprint density at radius 3 is 2.72 bits per heavy atom. The van der Waals surface area contributed by atoms with Gasteiger partial charge >= 0.3 is 0 Å². The minimum Gasteiger partial charge on any atom is -0.450 e. The number of fused-ring (bicyclic) bond motifs is 2. The normalized spacial score (nSPS) is 15.9. The summed E-state index contributed by atoms with van der Waals surface area (Å²) < 4.78 is 8.05. The molecule has 0 saturated heterocycles. The van der Waals surface area contributed by atoms with E-state index in [1.807, 2.05) is 25.1 Å². The summed E-state index contributed by atoms with van der Waals surface area (Å²) in [6.07, 6.45) is -0.165. The number of nitrogens with one attached hydrogen (secondary N) is 2. The first-order chi connectivity index (χ1) is 14.1. The van der Waals surface area contributed by atoms with Gasteiger partial charge in [0.2, 0.25) is 0 Å². The minimum absolute atomic E-state index is 0.0520. The molecule has 0 spiro atoms. The van der Waals surface area contributed by atoms with Crippen LogP contribution in [0.5, 0.6) is 0 Å². The smallest absolute Gasteiger partial charge is 0.256 e. The first-order valence-corrected chi connectivity index (χ1v) is 9.55. The van der Waals surface area contributed by atoms with Crippen LogP contribution >= 0.6 is 0 Å². The molecule has 0 fully saturated rings. The maximum Gasteiger partial charge on any atom is 0.256 e. The number of nitrogens with two attached hydrogens (primary N) is 1. The molecule has 1 aromatic heterocycles. The van der Waals surface area contributed by atoms with E-state index in [-0.39, 0.29) is 12.1 Å². The molecule has 29 heavy (non-hydrogen) atoms. The molecule has 0 amide bonds. The van der Waals surface area contributed by atoms with Crippen molar-refractivity contribution in [3.8, 4) is 0 Å². The van der Waals surface area contributed by atoms with E-state index in [2.05, 4.69) is 63.6 Å². The van der Waals surface area contributed by atoms with E-state index in [0.717, 1.165) is 16.6 Å². The zero-order valence-corrected chi connectivity index (χ0v) is 16.0. The zero-order chi connectivity index (χ0) is 20.0. The number of benzene rings is 3. The summed E-state index contributed by atoms with van der Waals surface area (Å²) in [4.78, 5) is 0. The lowest BCUT2D eigenvalue weighted by Gasteiger charge is -2.13. The van der Waals surface area contributed by atoms with Gasteiger partial charge in [0.25, 0.3) is 5.90 Å². The molecule has 0 radical (unpaired) electrons. The van der Waals surface area contributed by atoms with Crippen molar-refractivity contribution in [2.45, 2.75) is 19.7 Å². The van der Waals surface area contributed by atoms with Crippen LogP contribution in [0.2, 0.25) is 0 Å². The van der Waals surface area contributed by atoms with Crippen molar-refractivity contribution in [3.05, 3.63) is 83.6 Å². The van der Waals surface area contributed by atoms with Gasteiger partial charge in [0.1, 0.15) is 11.5 Å². The van der Waals surface area contributed by atoms with Crippen molar-refractivity contribution in [3.63, 3.8) is 0 Å². The molecule has 2 heterocycles. The topological polar surface area (TPSA) is 88.4 Å². The molecule has 1 aliphatic heterocycles. The van der Waals surface area contributed by atoms with E-state index in [1.54, 1.807) is 0 Å². The molecular formula is C23H21N5O. The number of nitrogen functional groups attached to an aromatic ring is 1. The Morgan fingerprint density at radius 2 is 1.93 bits per heavy atom. The molecule has 1 unspecified atom stereocenters. The van der Waals surface area contributed by atoms with Crippen LogP contribution < -0.4 is 11.2 Å². The highest BCUT2D eigenvalue weighted by Crippen LogP contribution is 2.27. The van der Waals surface area contributed by atoms with Crippen molar-refractivity contribution in [2.24, 2.45) is 10.8 Å². The Kier molecular flexibility index (Phi) is 3.98. The third-order valence-electron chi connectivity index (χ3n) is 5.28. The molecule has 1 aliphatic rings. The monoisotopic (exact) mass is 383 g/mol. The molecule has 4 N–H and O–H groups in total. The summed E-state index contributed by atoms with van der Waals surface area (Å²) in [5, 5.41) is 15.7. The van der Waals surface area contributed by atoms with Crippen LogP contribution in [0.1, 0.15) is 23.7 Å². The van der Waals surface area contributed by atoms with Crippen molar-refractivity contribution in [1.82, 2.24) is 9.99 Å². The molecular weight excluding hydrogens is 362 g/mol. The van der Waals surface area contributed by atoms with Crippen molar-refractivity contribution < 1.29 is 4.74 Å². The fourth-order valence-corrected chi connectivity index (χ4v) is 3.86. The second kappa shape index (κ2) is 6.67. The van der Waals surface area contributed by atoms with Gasteiger partial charge in [-0.15, -0.1) is 5.10 Å². The van der Waals surface area contributed by atoms with E-state index in [4.69, 9.17) is 15.9 Å². The van der Waals surface area contributed by atoms with Gasteiger partial charge in [0.15, 0.2) is 6.23 Å². The van der Waals surface area contributed by atoms with E-state index in [0.29, 0.717) is 18.0 Å². The molecule has 6 nitrogen and oxygen atoms in total. The number of hydrogen-bond donors (Lipinski definition) is 3. The molecule has 144 valence electrons. The Balaban J connectivity index is 1.71. The number of nitrogens with zero attached hydrogens (tertiary/aromatic N) is 2. The van der Waals surface area contributed by atoms with Crippen LogP contribution in [0.3, 0.4) is 0 Å². The van der Waals surface area contributed by atoms with Crippen LogP contribution in [0.25, 0.3) is 21.7 Å². The predicted molar refractivity (Wildman–Crippen MR) is 116 cm³/mol. The van der Waals surface area contributed by atoms with Crippen molar-refractivity contribution >= 4 is 33.4 Å². The molecule has 0 aliphatic carbocycles. The van der Waals surface area contributed by atoms with Crippen LogP contribution in [-0.4, -0.2) is 22.5 Å². The van der Waals surface area contributed by atoms with Crippen molar-refractivity contribution in [1.29, 1.82) is 5.41 Å². The van der Waals surface area contributed by atoms with Crippen LogP contribution in [0.4, 0.5) is 0 Å². The van der Waals surface area contributed by atoms with Crippen LogP contribution in [0.15, 0.2) is 71.8 Å². The molecule has 0 bridgehead atoms. The minimum atomic E-state index is -0.165. The highest BCUT2D eigenvalue weighted by Gasteiger charge is 2.22. The molecule has 6 heteroatoms. The Labute approximate surface area is 168 Å². The lowest BCUT2D eigenvalue weighted by molar-refractivity contribution is 0.208. The predicted octanol–water partition coefficient (Wildman–Crippen LogP) is 3.75. The standard InChI is InChI=1S/C23H21N5O/c1-14-26-27-23(29-14)21-11-16-9-10-17(22(24)25)12-20(16)28(21)13-18-7-4-6-15-5-2-3-8-19(15)18/h2-12,14,26H,13H2,1H3,(H3,24,25). The summed E-state index contributed by atoms with van der Waals surface area (Å²) in [7, 11) is 0. The second-order valence-corrected chi connectivity index (χ2v) is 7.25. The average Bonchev–Trinajstić information content (AvgIpc) is 3.31. The van der Waals surface area contributed by atoms with Gasteiger partial charge in [-0.1, -0.05) is 54.6 Å². The number of rotatable bonds is 4. The fraction of sp³-hybridized carbons (Fsp3) is 0.130. The first-order valence-electron chi connectivity index (χ1n) is 9.55.